The van der Waals surface area contributed by atoms with Crippen LogP contribution in [0.1, 0.15) is 21.7 Å². The molecule has 2 aromatic rings. The second-order valence-electron chi connectivity index (χ2n) is 3.79. The van der Waals surface area contributed by atoms with Crippen molar-refractivity contribution < 1.29 is 14.3 Å². The number of benzene rings is 1. The van der Waals surface area contributed by atoms with E-state index in [0.717, 1.165) is 0 Å². The predicted octanol–water partition coefficient (Wildman–Crippen LogP) is 1.38. The molecule has 0 aliphatic rings. The van der Waals surface area contributed by atoms with Gasteiger partial charge >= 0.3 is 5.97 Å². The van der Waals surface area contributed by atoms with Crippen molar-refractivity contribution in [2.24, 2.45) is 5.73 Å². The molecule has 2 rings (SSSR count). The zero-order chi connectivity index (χ0) is 14.0. The summed E-state index contributed by atoms with van der Waals surface area (Å²) in [6.45, 7) is 0.0404. The van der Waals surface area contributed by atoms with Gasteiger partial charge in [0.15, 0.2) is 5.69 Å². The van der Waals surface area contributed by atoms with Gasteiger partial charge in [-0.25, -0.2) is 13.9 Å². The van der Waals surface area contributed by atoms with Gasteiger partial charge in [-0.05, 0) is 12.1 Å². The molecule has 0 bridgehead atoms. The SMILES string of the molecule is NCc1c(C(=O)O)nnn1Cc1ccc(Br)cc1F. The van der Waals surface area contributed by atoms with Crippen molar-refractivity contribution in [2.75, 3.05) is 0 Å². The average molecular weight is 329 g/mol. The number of carbonyl (C=O) groups is 1. The van der Waals surface area contributed by atoms with Crippen LogP contribution in [-0.4, -0.2) is 26.1 Å². The zero-order valence-electron chi connectivity index (χ0n) is 9.68. The van der Waals surface area contributed by atoms with Crippen molar-refractivity contribution in [3.8, 4) is 0 Å². The van der Waals surface area contributed by atoms with E-state index in [0.29, 0.717) is 10.0 Å². The number of aromatic nitrogens is 3. The second-order valence-corrected chi connectivity index (χ2v) is 4.70. The quantitative estimate of drug-likeness (QED) is 0.884. The van der Waals surface area contributed by atoms with Gasteiger partial charge in [0.25, 0.3) is 0 Å². The van der Waals surface area contributed by atoms with Crippen LogP contribution in [0.3, 0.4) is 0 Å². The van der Waals surface area contributed by atoms with Gasteiger partial charge in [-0.3, -0.25) is 0 Å². The van der Waals surface area contributed by atoms with Gasteiger partial charge in [-0.15, -0.1) is 5.10 Å². The van der Waals surface area contributed by atoms with E-state index >= 15 is 0 Å². The number of halogens is 2. The lowest BCUT2D eigenvalue weighted by Gasteiger charge is -2.06. The molecule has 100 valence electrons. The molecular weight excluding hydrogens is 319 g/mol. The molecule has 3 N–H and O–H groups in total. The highest BCUT2D eigenvalue weighted by Gasteiger charge is 2.18. The highest BCUT2D eigenvalue weighted by atomic mass is 79.9. The lowest BCUT2D eigenvalue weighted by Crippen LogP contribution is -2.13. The van der Waals surface area contributed by atoms with E-state index < -0.39 is 11.8 Å². The Morgan fingerprint density at radius 1 is 1.53 bits per heavy atom. The number of hydrogen-bond acceptors (Lipinski definition) is 4. The Labute approximate surface area is 116 Å². The number of aromatic carboxylic acids is 1. The van der Waals surface area contributed by atoms with Crippen molar-refractivity contribution in [3.63, 3.8) is 0 Å². The van der Waals surface area contributed by atoms with E-state index in [-0.39, 0.29) is 24.5 Å². The number of carboxylic acid groups (broad SMARTS) is 1. The van der Waals surface area contributed by atoms with Crippen LogP contribution in [0.25, 0.3) is 0 Å². The minimum absolute atomic E-state index is 0.0349. The van der Waals surface area contributed by atoms with Crippen LogP contribution >= 0.6 is 15.9 Å². The maximum Gasteiger partial charge on any atom is 0.358 e. The summed E-state index contributed by atoms with van der Waals surface area (Å²) < 4.78 is 15.6. The van der Waals surface area contributed by atoms with Crippen LogP contribution in [0.2, 0.25) is 0 Å². The molecule has 0 atom stereocenters. The first-order valence-corrected chi connectivity index (χ1v) is 6.12. The van der Waals surface area contributed by atoms with Gasteiger partial charge in [0.05, 0.1) is 12.2 Å². The molecule has 0 fully saturated rings. The smallest absolute Gasteiger partial charge is 0.358 e. The fraction of sp³-hybridized carbons (Fsp3) is 0.182. The second kappa shape index (κ2) is 5.45. The summed E-state index contributed by atoms with van der Waals surface area (Å²) in [5, 5.41) is 16.1. The highest BCUT2D eigenvalue weighted by Crippen LogP contribution is 2.17. The van der Waals surface area contributed by atoms with E-state index in [1.165, 1.54) is 10.7 Å². The van der Waals surface area contributed by atoms with Crippen molar-refractivity contribution in [2.45, 2.75) is 13.1 Å². The van der Waals surface area contributed by atoms with Crippen molar-refractivity contribution in [1.29, 1.82) is 0 Å². The Kier molecular flexibility index (Phi) is 3.91. The van der Waals surface area contributed by atoms with Crippen LogP contribution in [0.15, 0.2) is 22.7 Å². The molecule has 0 unspecified atom stereocenters. The lowest BCUT2D eigenvalue weighted by atomic mass is 10.2. The summed E-state index contributed by atoms with van der Waals surface area (Å²) in [5.41, 5.74) is 5.91. The minimum atomic E-state index is -1.21. The molecule has 0 saturated heterocycles. The largest absolute Gasteiger partial charge is 0.476 e. The summed E-state index contributed by atoms with van der Waals surface area (Å²) in [5.74, 6) is -1.62. The standard InChI is InChI=1S/C11H10BrFN4O2/c12-7-2-1-6(8(13)3-7)5-17-9(4-14)10(11(18)19)15-16-17/h1-3H,4-5,14H2,(H,18,19). The molecule has 6 nitrogen and oxygen atoms in total. The monoisotopic (exact) mass is 328 g/mol. The predicted molar refractivity (Wildman–Crippen MR) is 68.1 cm³/mol. The first kappa shape index (κ1) is 13.6. The van der Waals surface area contributed by atoms with E-state index in [1.54, 1.807) is 12.1 Å². The first-order valence-electron chi connectivity index (χ1n) is 5.32. The number of rotatable bonds is 4. The Balaban J connectivity index is 2.35. The summed E-state index contributed by atoms with van der Waals surface area (Å²) in [6.07, 6.45) is 0. The van der Waals surface area contributed by atoms with Gasteiger partial charge in [0, 0.05) is 16.6 Å². The van der Waals surface area contributed by atoms with E-state index in [4.69, 9.17) is 10.8 Å². The summed E-state index contributed by atoms with van der Waals surface area (Å²) in [4.78, 5) is 10.9. The van der Waals surface area contributed by atoms with E-state index in [1.807, 2.05) is 0 Å². The molecule has 1 heterocycles. The molecule has 0 radical (unpaired) electrons. The Bertz CT molecular complexity index is 629. The maximum absolute atomic E-state index is 13.7. The van der Waals surface area contributed by atoms with Crippen LogP contribution in [0.4, 0.5) is 4.39 Å². The van der Waals surface area contributed by atoms with Gasteiger partial charge < -0.3 is 10.8 Å². The normalized spacial score (nSPS) is 10.7. The highest BCUT2D eigenvalue weighted by molar-refractivity contribution is 9.10. The zero-order valence-corrected chi connectivity index (χ0v) is 11.3. The molecule has 8 heteroatoms. The van der Waals surface area contributed by atoms with Gasteiger partial charge in [-0.2, -0.15) is 0 Å². The van der Waals surface area contributed by atoms with Gasteiger partial charge in [-0.1, -0.05) is 27.2 Å². The molecule has 0 spiro atoms. The van der Waals surface area contributed by atoms with Crippen LogP contribution in [0, 0.1) is 5.82 Å². The average Bonchev–Trinajstić information content (AvgIpc) is 2.75. The Morgan fingerprint density at radius 2 is 2.26 bits per heavy atom. The molecule has 1 aromatic carbocycles. The third-order valence-corrected chi connectivity index (χ3v) is 3.06. The van der Waals surface area contributed by atoms with Crippen molar-refractivity contribution in [1.82, 2.24) is 15.0 Å². The van der Waals surface area contributed by atoms with Crippen molar-refractivity contribution in [3.05, 3.63) is 45.4 Å². The van der Waals surface area contributed by atoms with E-state index in [2.05, 4.69) is 26.2 Å². The number of hydrogen-bond donors (Lipinski definition) is 2. The molecule has 0 amide bonds. The summed E-state index contributed by atoms with van der Waals surface area (Å²) >= 11 is 3.16. The van der Waals surface area contributed by atoms with Crippen LogP contribution in [0.5, 0.6) is 0 Å². The third-order valence-electron chi connectivity index (χ3n) is 2.57. The first-order chi connectivity index (χ1) is 9.02. The number of nitrogens with zero attached hydrogens (tertiary/aromatic N) is 3. The van der Waals surface area contributed by atoms with Gasteiger partial charge in [0.2, 0.25) is 0 Å². The molecule has 0 aliphatic carbocycles. The Hall–Kier alpha value is -1.80. The summed E-state index contributed by atoms with van der Waals surface area (Å²) in [6, 6.07) is 4.60. The fourth-order valence-electron chi connectivity index (χ4n) is 1.64. The van der Waals surface area contributed by atoms with Crippen LogP contribution < -0.4 is 5.73 Å². The molecule has 1 aromatic heterocycles. The van der Waals surface area contributed by atoms with Gasteiger partial charge in [0.1, 0.15) is 5.82 Å². The fourth-order valence-corrected chi connectivity index (χ4v) is 1.97. The lowest BCUT2D eigenvalue weighted by molar-refractivity contribution is 0.0689. The minimum Gasteiger partial charge on any atom is -0.476 e. The number of nitrogens with two attached hydrogens (primary N) is 1. The third kappa shape index (κ3) is 2.79. The summed E-state index contributed by atoms with van der Waals surface area (Å²) in [7, 11) is 0. The molecular formula is C11H10BrFN4O2. The Morgan fingerprint density at radius 3 is 2.84 bits per heavy atom. The van der Waals surface area contributed by atoms with E-state index in [9.17, 15) is 9.18 Å². The molecule has 0 aliphatic heterocycles. The molecule has 0 saturated carbocycles. The molecule has 19 heavy (non-hydrogen) atoms. The van der Waals surface area contributed by atoms with Crippen molar-refractivity contribution >= 4 is 21.9 Å². The maximum atomic E-state index is 13.7. The van der Waals surface area contributed by atoms with Crippen LogP contribution in [-0.2, 0) is 13.1 Å². The topological polar surface area (TPSA) is 94.0 Å². The number of carboxylic acids is 1.